The van der Waals surface area contributed by atoms with E-state index in [9.17, 15) is 4.79 Å². The number of rotatable bonds is 5. The average Bonchev–Trinajstić information content (AvgIpc) is 3.28. The number of carbonyl (C=O) groups excluding carboxylic acids is 1. The van der Waals surface area contributed by atoms with E-state index in [1.54, 1.807) is 4.90 Å². The van der Waals surface area contributed by atoms with Crippen molar-refractivity contribution in [2.24, 2.45) is 47.3 Å². The Kier molecular flexibility index (Phi) is 9.13. The molecule has 0 aromatic carbocycles. The van der Waals surface area contributed by atoms with Crippen molar-refractivity contribution in [1.29, 1.82) is 0 Å². The van der Waals surface area contributed by atoms with Crippen LogP contribution >= 0.6 is 0 Å². The highest BCUT2D eigenvalue weighted by atomic mass is 17.3. The smallest absolute Gasteiger partial charge is 0.409 e. The first-order valence-corrected chi connectivity index (χ1v) is 21.9. The number of carbonyl (C=O) groups is 1. The summed E-state index contributed by atoms with van der Waals surface area (Å²) in [7, 11) is 0. The summed E-state index contributed by atoms with van der Waals surface area (Å²) in [6, 6.07) is 0. The van der Waals surface area contributed by atoms with Gasteiger partial charge >= 0.3 is 6.09 Å². The van der Waals surface area contributed by atoms with Crippen LogP contribution in [0.1, 0.15) is 126 Å². The summed E-state index contributed by atoms with van der Waals surface area (Å²) < 4.78 is 47.6. The highest BCUT2D eigenvalue weighted by molar-refractivity contribution is 5.67. The second-order valence-corrected chi connectivity index (χ2v) is 20.0. The van der Waals surface area contributed by atoms with Gasteiger partial charge in [-0.15, -0.1) is 0 Å². The SMILES string of the molecule is CCOC(=O)N1CCC2(CC1)OCC(C[C@H]1O[C@@H]3O[C@]4(C)CC[C@H]5[C@H](C)CC[C@@H]([C@H]1C)[C@@]35OO4)(C[C@H]1O[C@@H]3O[C@]4(C)CC[C@H]5[C@H](C)CC[C@@H]([C@H]1C)[C@@]35OO4)O2. The van der Waals surface area contributed by atoms with Crippen molar-refractivity contribution in [3.8, 4) is 0 Å². The van der Waals surface area contributed by atoms with Gasteiger partial charge in [0, 0.05) is 63.5 Å². The van der Waals surface area contributed by atoms with Gasteiger partial charge in [0.2, 0.25) is 11.6 Å². The quantitative estimate of drug-likeness (QED) is 0.268. The molecular formula is C42H65NO12. The molecule has 0 N–H and O–H groups in total. The minimum Gasteiger partial charge on any atom is -0.450 e. The Hall–Kier alpha value is -1.13. The number of hydrogen-bond donors (Lipinski definition) is 0. The van der Waals surface area contributed by atoms with Crippen molar-refractivity contribution >= 4 is 6.09 Å². The summed E-state index contributed by atoms with van der Waals surface area (Å²) >= 11 is 0. The van der Waals surface area contributed by atoms with Crippen LogP contribution in [0.5, 0.6) is 0 Å². The molecule has 10 heterocycles. The highest BCUT2D eigenvalue weighted by Gasteiger charge is 2.72. The third-order valence-electron chi connectivity index (χ3n) is 16.8. The number of amides is 1. The van der Waals surface area contributed by atoms with Gasteiger partial charge in [0.1, 0.15) is 0 Å². The summed E-state index contributed by atoms with van der Waals surface area (Å²) in [5, 5.41) is 0. The summed E-state index contributed by atoms with van der Waals surface area (Å²) in [6.07, 6.45) is 8.56. The number of piperidine rings is 1. The van der Waals surface area contributed by atoms with Crippen molar-refractivity contribution in [1.82, 2.24) is 4.90 Å². The molecule has 1 amide bonds. The number of nitrogens with zero attached hydrogens (tertiary/aromatic N) is 1. The standard InChI is InChI=1S/C42H65NO12/c1-8-45-36(44)43-19-17-40(18-20-43)46-23-39(51-40,21-32-26(4)30-11-9-24(2)28-13-15-37(6)49-34(47-32)41(28,30)54-52-37)22-33-27(5)31-12-10-25(3)29-14-16-38(7)50-35(48-33)42(29,31)55-53-38/h24-35H,8-23H2,1-7H3/t24-,25-,26-,27-,28+,29+,30+,31+,32-,33-,34-,35-,37+,38+,41-,42-/m1/s1. The van der Waals surface area contributed by atoms with E-state index in [4.69, 9.17) is 52.7 Å². The molecule has 0 aromatic rings. The van der Waals surface area contributed by atoms with Gasteiger partial charge in [0.05, 0.1) is 31.0 Å². The Balaban J connectivity index is 0.965. The topological polar surface area (TPSA) is 122 Å². The van der Waals surface area contributed by atoms with Crippen molar-refractivity contribution in [2.75, 3.05) is 26.3 Å². The van der Waals surface area contributed by atoms with Gasteiger partial charge in [-0.1, -0.05) is 27.7 Å². The molecule has 2 saturated carbocycles. The van der Waals surface area contributed by atoms with Crippen molar-refractivity contribution < 1.29 is 57.5 Å². The van der Waals surface area contributed by atoms with Gasteiger partial charge in [-0.2, -0.15) is 0 Å². The summed E-state index contributed by atoms with van der Waals surface area (Å²) in [5.74, 6) is -0.203. The van der Waals surface area contributed by atoms with Crippen molar-refractivity contribution in [3.63, 3.8) is 0 Å². The van der Waals surface area contributed by atoms with Crippen LogP contribution in [0.25, 0.3) is 0 Å². The zero-order chi connectivity index (χ0) is 38.2. The van der Waals surface area contributed by atoms with E-state index < -0.39 is 46.7 Å². The lowest BCUT2D eigenvalue weighted by molar-refractivity contribution is -0.572. The summed E-state index contributed by atoms with van der Waals surface area (Å²) in [6.45, 7) is 16.9. The van der Waals surface area contributed by atoms with Crippen LogP contribution in [0.3, 0.4) is 0 Å². The number of likely N-dealkylation sites (tertiary alicyclic amines) is 1. The fourth-order valence-electron chi connectivity index (χ4n) is 13.6. The van der Waals surface area contributed by atoms with E-state index in [1.165, 1.54) is 0 Å². The van der Waals surface area contributed by atoms with Gasteiger partial charge in [-0.25, -0.2) is 24.3 Å². The molecule has 16 atom stereocenters. The maximum absolute atomic E-state index is 12.7. The minimum absolute atomic E-state index is 0.156. The van der Waals surface area contributed by atoms with E-state index >= 15 is 0 Å². The molecule has 55 heavy (non-hydrogen) atoms. The Morgan fingerprint density at radius 3 is 1.67 bits per heavy atom. The largest absolute Gasteiger partial charge is 0.450 e. The van der Waals surface area contributed by atoms with Gasteiger partial charge in [-0.3, -0.25) is 0 Å². The fraction of sp³-hybridized carbons (Fsp3) is 0.976. The molecule has 10 saturated heterocycles. The lowest BCUT2D eigenvalue weighted by Crippen LogP contribution is -2.71. The highest BCUT2D eigenvalue weighted by Crippen LogP contribution is 2.64. The molecule has 12 rings (SSSR count). The third kappa shape index (κ3) is 5.70. The van der Waals surface area contributed by atoms with E-state index in [1.807, 2.05) is 20.8 Å². The van der Waals surface area contributed by atoms with Crippen LogP contribution < -0.4 is 0 Å². The van der Waals surface area contributed by atoms with Crippen LogP contribution in [0.2, 0.25) is 0 Å². The molecule has 12 fully saturated rings. The molecule has 13 nitrogen and oxygen atoms in total. The molecule has 10 aliphatic heterocycles. The van der Waals surface area contributed by atoms with Crippen molar-refractivity contribution in [2.45, 2.75) is 184 Å². The molecule has 3 spiro atoms. The van der Waals surface area contributed by atoms with Gasteiger partial charge in [-0.05, 0) is 94.8 Å². The van der Waals surface area contributed by atoms with Crippen LogP contribution in [-0.4, -0.2) is 96.2 Å². The number of hydrogen-bond acceptors (Lipinski definition) is 12. The molecule has 4 bridgehead atoms. The van der Waals surface area contributed by atoms with Gasteiger partial charge in [0.25, 0.3) is 0 Å². The van der Waals surface area contributed by atoms with E-state index in [2.05, 4.69) is 27.7 Å². The van der Waals surface area contributed by atoms with Gasteiger partial charge in [0.15, 0.2) is 29.6 Å². The predicted molar refractivity (Wildman–Crippen MR) is 193 cm³/mol. The first-order chi connectivity index (χ1) is 26.3. The van der Waals surface area contributed by atoms with Crippen LogP contribution in [0.15, 0.2) is 0 Å². The average molecular weight is 776 g/mol. The summed E-state index contributed by atoms with van der Waals surface area (Å²) in [4.78, 5) is 39.7. The molecule has 0 unspecified atom stereocenters. The Bertz CT molecular complexity index is 1410. The normalized spacial score (nSPS) is 53.3. The molecule has 13 heteroatoms. The first-order valence-electron chi connectivity index (χ1n) is 21.9. The summed E-state index contributed by atoms with van der Waals surface area (Å²) in [5.41, 5.74) is -2.00. The first kappa shape index (κ1) is 38.1. The zero-order valence-electron chi connectivity index (χ0n) is 34.1. The molecule has 0 aromatic heterocycles. The van der Waals surface area contributed by atoms with Crippen molar-refractivity contribution in [3.05, 3.63) is 0 Å². The Morgan fingerprint density at radius 2 is 1.18 bits per heavy atom. The zero-order valence-corrected chi connectivity index (χ0v) is 34.1. The maximum Gasteiger partial charge on any atom is 0.409 e. The lowest BCUT2D eigenvalue weighted by Gasteiger charge is -2.61. The molecule has 12 aliphatic rings. The minimum atomic E-state index is -0.846. The Labute approximate surface area is 326 Å². The van der Waals surface area contributed by atoms with E-state index in [0.717, 1.165) is 51.4 Å². The molecule has 0 radical (unpaired) electrons. The number of ether oxygens (including phenoxy) is 7. The van der Waals surface area contributed by atoms with Gasteiger partial charge < -0.3 is 38.1 Å². The van der Waals surface area contributed by atoms with Crippen LogP contribution in [0, 0.1) is 47.3 Å². The monoisotopic (exact) mass is 775 g/mol. The van der Waals surface area contributed by atoms with E-state index in [0.29, 0.717) is 75.7 Å². The second kappa shape index (κ2) is 13.2. The van der Waals surface area contributed by atoms with Crippen LogP contribution in [0.4, 0.5) is 4.79 Å². The Morgan fingerprint density at radius 1 is 0.673 bits per heavy atom. The fourth-order valence-corrected chi connectivity index (χ4v) is 13.6. The second-order valence-electron chi connectivity index (χ2n) is 20.0. The molecule has 2 aliphatic carbocycles. The molecular weight excluding hydrogens is 710 g/mol. The lowest BCUT2D eigenvalue weighted by atomic mass is 9.56. The maximum atomic E-state index is 12.7. The van der Waals surface area contributed by atoms with E-state index in [-0.39, 0.29) is 42.0 Å². The van der Waals surface area contributed by atoms with Crippen LogP contribution in [-0.2, 0) is 52.7 Å². The predicted octanol–water partition coefficient (Wildman–Crippen LogP) is 7.00. The third-order valence-corrected chi connectivity index (χ3v) is 16.8. The molecule has 310 valence electrons. The number of fused-ring (bicyclic) bond motifs is 4.